The smallest absolute Gasteiger partial charge is 0.134 e. The number of hydrogen-bond acceptors (Lipinski definition) is 2. The summed E-state index contributed by atoms with van der Waals surface area (Å²) in [5, 5.41) is 9.03. The minimum Gasteiger partial charge on any atom is -0.508 e. The molecule has 0 aromatic heterocycles. The highest BCUT2D eigenvalue weighted by molar-refractivity contribution is 5.65. The summed E-state index contributed by atoms with van der Waals surface area (Å²) in [6.45, 7) is 0.385. The van der Waals surface area contributed by atoms with E-state index in [-0.39, 0.29) is 17.4 Å². The first-order valence-electron chi connectivity index (χ1n) is 11.4. The third-order valence-corrected chi connectivity index (χ3v) is 5.45. The van der Waals surface area contributed by atoms with Crippen molar-refractivity contribution in [3.05, 3.63) is 144 Å². The summed E-state index contributed by atoms with van der Waals surface area (Å²) in [5.41, 5.74) is 2.99. The SMILES string of the molecule is Fc1ccc(-c2ccc(OCc3ccccc3)cc2F)cc1.Oc1ccc(-c2ccc(F)cc2)c(F)c1. The van der Waals surface area contributed by atoms with Gasteiger partial charge in [-0.05, 0) is 65.2 Å². The van der Waals surface area contributed by atoms with Crippen molar-refractivity contribution in [3.63, 3.8) is 0 Å². The predicted octanol–water partition coefficient (Wildman–Crippen LogP) is 8.55. The van der Waals surface area contributed by atoms with Gasteiger partial charge in [0.1, 0.15) is 41.4 Å². The normalized spacial score (nSPS) is 10.4. The lowest BCUT2D eigenvalue weighted by Crippen LogP contribution is -1.96. The average Bonchev–Trinajstić information content (AvgIpc) is 2.90. The van der Waals surface area contributed by atoms with E-state index in [4.69, 9.17) is 9.84 Å². The quantitative estimate of drug-likeness (QED) is 0.244. The molecule has 0 saturated carbocycles. The van der Waals surface area contributed by atoms with Crippen molar-refractivity contribution in [3.8, 4) is 33.8 Å². The molecule has 0 fully saturated rings. The van der Waals surface area contributed by atoms with Crippen LogP contribution in [0.2, 0.25) is 0 Å². The fourth-order valence-corrected chi connectivity index (χ4v) is 3.56. The molecule has 0 aliphatic rings. The van der Waals surface area contributed by atoms with Crippen LogP contribution >= 0.6 is 0 Å². The van der Waals surface area contributed by atoms with Gasteiger partial charge in [-0.3, -0.25) is 0 Å². The second-order valence-corrected chi connectivity index (χ2v) is 8.09. The van der Waals surface area contributed by atoms with Gasteiger partial charge in [-0.2, -0.15) is 0 Å². The molecular weight excluding hydrogens is 480 g/mol. The van der Waals surface area contributed by atoms with Gasteiger partial charge in [0.05, 0.1) is 0 Å². The number of halogens is 4. The van der Waals surface area contributed by atoms with Gasteiger partial charge in [0, 0.05) is 23.3 Å². The summed E-state index contributed by atoms with van der Waals surface area (Å²) in [4.78, 5) is 0. The molecule has 0 aliphatic heterocycles. The Balaban J connectivity index is 0.000000186. The summed E-state index contributed by atoms with van der Waals surface area (Å²) >= 11 is 0. The molecule has 1 N–H and O–H groups in total. The standard InChI is InChI=1S/C19H14F2O.C12H8F2O/c20-16-8-6-15(7-9-16)18-11-10-17(12-19(18)21)22-13-14-4-2-1-3-5-14;13-9-3-1-8(2-4-9)11-6-5-10(15)7-12(11)14/h1-12H,13H2;1-7,15H. The molecule has 186 valence electrons. The molecule has 0 amide bonds. The van der Waals surface area contributed by atoms with Crippen LogP contribution in [0.25, 0.3) is 22.3 Å². The number of phenolic OH excluding ortho intramolecular Hbond substituents is 1. The molecule has 0 bridgehead atoms. The zero-order valence-electron chi connectivity index (χ0n) is 19.5. The highest BCUT2D eigenvalue weighted by Gasteiger charge is 2.08. The molecule has 0 unspecified atom stereocenters. The van der Waals surface area contributed by atoms with Crippen LogP contribution in [0, 0.1) is 23.3 Å². The van der Waals surface area contributed by atoms with E-state index >= 15 is 0 Å². The van der Waals surface area contributed by atoms with Crippen LogP contribution in [-0.2, 0) is 6.61 Å². The van der Waals surface area contributed by atoms with Crippen molar-refractivity contribution in [1.82, 2.24) is 0 Å². The Morgan fingerprint density at radius 2 is 1.05 bits per heavy atom. The van der Waals surface area contributed by atoms with E-state index in [0.717, 1.165) is 11.6 Å². The van der Waals surface area contributed by atoms with Crippen molar-refractivity contribution in [1.29, 1.82) is 0 Å². The van der Waals surface area contributed by atoms with Crippen LogP contribution in [-0.4, -0.2) is 5.11 Å². The van der Waals surface area contributed by atoms with Gasteiger partial charge in [-0.25, -0.2) is 17.6 Å². The van der Waals surface area contributed by atoms with Crippen molar-refractivity contribution in [2.75, 3.05) is 0 Å². The van der Waals surface area contributed by atoms with Crippen LogP contribution in [0.1, 0.15) is 5.56 Å². The van der Waals surface area contributed by atoms with Crippen LogP contribution < -0.4 is 4.74 Å². The number of hydrogen-bond donors (Lipinski definition) is 1. The first-order valence-corrected chi connectivity index (χ1v) is 11.4. The second kappa shape index (κ2) is 11.9. The molecule has 0 atom stereocenters. The van der Waals surface area contributed by atoms with Gasteiger partial charge >= 0.3 is 0 Å². The van der Waals surface area contributed by atoms with Gasteiger partial charge < -0.3 is 9.84 Å². The summed E-state index contributed by atoms with van der Waals surface area (Å²) in [6, 6.07) is 29.5. The monoisotopic (exact) mass is 502 g/mol. The Hall–Kier alpha value is -4.58. The van der Waals surface area contributed by atoms with E-state index in [1.54, 1.807) is 24.3 Å². The fraction of sp³-hybridized carbons (Fsp3) is 0.0323. The van der Waals surface area contributed by atoms with Crippen molar-refractivity contribution < 1.29 is 27.4 Å². The minimum absolute atomic E-state index is 0.127. The number of aromatic hydroxyl groups is 1. The van der Waals surface area contributed by atoms with E-state index in [1.165, 1.54) is 54.6 Å². The summed E-state index contributed by atoms with van der Waals surface area (Å²) in [5.74, 6) is -1.28. The number of rotatable bonds is 5. The third-order valence-electron chi connectivity index (χ3n) is 5.45. The van der Waals surface area contributed by atoms with Gasteiger partial charge in [0.15, 0.2) is 0 Å². The molecule has 0 spiro atoms. The molecule has 5 aromatic rings. The van der Waals surface area contributed by atoms with Gasteiger partial charge in [0.2, 0.25) is 0 Å². The van der Waals surface area contributed by atoms with E-state index in [2.05, 4.69) is 0 Å². The first-order chi connectivity index (χ1) is 17.9. The van der Waals surface area contributed by atoms with Crippen LogP contribution in [0.3, 0.4) is 0 Å². The Labute approximate surface area is 212 Å². The molecule has 0 radical (unpaired) electrons. The van der Waals surface area contributed by atoms with Crippen molar-refractivity contribution in [2.24, 2.45) is 0 Å². The number of ether oxygens (including phenoxy) is 1. The zero-order valence-corrected chi connectivity index (χ0v) is 19.5. The van der Waals surface area contributed by atoms with Gasteiger partial charge in [-0.1, -0.05) is 54.6 Å². The predicted molar refractivity (Wildman–Crippen MR) is 136 cm³/mol. The highest BCUT2D eigenvalue weighted by atomic mass is 19.1. The van der Waals surface area contributed by atoms with Gasteiger partial charge in [-0.15, -0.1) is 0 Å². The van der Waals surface area contributed by atoms with E-state index < -0.39 is 11.6 Å². The Bertz CT molecular complexity index is 1450. The van der Waals surface area contributed by atoms with E-state index in [1.807, 2.05) is 30.3 Å². The third kappa shape index (κ3) is 6.98. The molecule has 0 heterocycles. The summed E-state index contributed by atoms with van der Waals surface area (Å²) in [6.07, 6.45) is 0. The Morgan fingerprint density at radius 3 is 1.57 bits per heavy atom. The highest BCUT2D eigenvalue weighted by Crippen LogP contribution is 2.27. The lowest BCUT2D eigenvalue weighted by Gasteiger charge is -2.09. The maximum Gasteiger partial charge on any atom is 0.134 e. The maximum absolute atomic E-state index is 14.2. The van der Waals surface area contributed by atoms with Crippen LogP contribution in [0.5, 0.6) is 11.5 Å². The Kier molecular flexibility index (Phi) is 8.21. The summed E-state index contributed by atoms with van der Waals surface area (Å²) < 4.78 is 58.7. The Morgan fingerprint density at radius 1 is 0.541 bits per heavy atom. The van der Waals surface area contributed by atoms with E-state index in [9.17, 15) is 17.6 Å². The second-order valence-electron chi connectivity index (χ2n) is 8.09. The maximum atomic E-state index is 14.2. The molecule has 6 heteroatoms. The minimum atomic E-state index is -0.526. The first kappa shape index (κ1) is 25.5. The molecule has 37 heavy (non-hydrogen) atoms. The van der Waals surface area contributed by atoms with E-state index in [0.29, 0.717) is 34.6 Å². The molecule has 2 nitrogen and oxygen atoms in total. The topological polar surface area (TPSA) is 29.5 Å². The summed E-state index contributed by atoms with van der Waals surface area (Å²) in [7, 11) is 0. The van der Waals surface area contributed by atoms with Crippen molar-refractivity contribution >= 4 is 0 Å². The lowest BCUT2D eigenvalue weighted by molar-refractivity contribution is 0.304. The molecule has 0 aliphatic carbocycles. The van der Waals surface area contributed by atoms with Crippen molar-refractivity contribution in [2.45, 2.75) is 6.61 Å². The lowest BCUT2D eigenvalue weighted by atomic mass is 10.1. The molecule has 5 aromatic carbocycles. The zero-order chi connectivity index (χ0) is 26.2. The number of benzene rings is 5. The molecular formula is C31H22F4O2. The largest absolute Gasteiger partial charge is 0.508 e. The molecule has 5 rings (SSSR count). The van der Waals surface area contributed by atoms with Gasteiger partial charge in [0.25, 0.3) is 0 Å². The van der Waals surface area contributed by atoms with Crippen LogP contribution in [0.4, 0.5) is 17.6 Å². The number of phenols is 1. The fourth-order valence-electron chi connectivity index (χ4n) is 3.56. The molecule has 0 saturated heterocycles. The van der Waals surface area contributed by atoms with Crippen LogP contribution in [0.15, 0.2) is 115 Å². The average molecular weight is 503 g/mol.